The Labute approximate surface area is 201 Å². The fourth-order valence-corrected chi connectivity index (χ4v) is 4.72. The van der Waals surface area contributed by atoms with Gasteiger partial charge in [-0.05, 0) is 50.5 Å². The number of hydrogen-bond acceptors (Lipinski definition) is 4. The molecule has 180 valence electrons. The lowest BCUT2D eigenvalue weighted by Crippen LogP contribution is -2.46. The number of nitrogens with zero attached hydrogens (tertiary/aromatic N) is 2. The molecule has 0 aliphatic carbocycles. The topological polar surface area (TPSA) is 86.8 Å². The Morgan fingerprint density at radius 3 is 2.30 bits per heavy atom. The third-order valence-electron chi connectivity index (χ3n) is 5.55. The Balaban J connectivity index is 2.17. The van der Waals surface area contributed by atoms with E-state index in [0.29, 0.717) is 22.7 Å². The largest absolute Gasteiger partial charge is 0.357 e. The van der Waals surface area contributed by atoms with Crippen molar-refractivity contribution in [1.29, 1.82) is 0 Å². The van der Waals surface area contributed by atoms with Crippen LogP contribution in [0.25, 0.3) is 0 Å². The molecule has 0 aliphatic heterocycles. The predicted octanol–water partition coefficient (Wildman–Crippen LogP) is 3.67. The molecule has 0 fully saturated rings. The van der Waals surface area contributed by atoms with Gasteiger partial charge in [-0.25, -0.2) is 8.42 Å². The van der Waals surface area contributed by atoms with Gasteiger partial charge in [0.15, 0.2) is 0 Å². The van der Waals surface area contributed by atoms with Crippen molar-refractivity contribution >= 4 is 39.1 Å². The smallest absolute Gasteiger partial charge is 0.242 e. The average Bonchev–Trinajstić information content (AvgIpc) is 2.76. The third-order valence-corrected chi connectivity index (χ3v) is 7.14. The molecule has 2 aromatic rings. The lowest BCUT2D eigenvalue weighted by atomic mass is 10.1. The molecule has 9 heteroatoms. The minimum Gasteiger partial charge on any atom is -0.357 e. The fourth-order valence-electron chi connectivity index (χ4n) is 3.53. The first-order chi connectivity index (χ1) is 15.5. The first-order valence-corrected chi connectivity index (χ1v) is 13.0. The molecule has 0 aliphatic rings. The number of carbonyl (C=O) groups excluding carboxylic acids is 2. The number of rotatable bonds is 10. The van der Waals surface area contributed by atoms with Gasteiger partial charge in [0.2, 0.25) is 21.8 Å². The minimum absolute atomic E-state index is 0.0961. The van der Waals surface area contributed by atoms with Gasteiger partial charge < -0.3 is 10.2 Å². The molecule has 0 bridgehead atoms. The van der Waals surface area contributed by atoms with E-state index in [-0.39, 0.29) is 31.3 Å². The van der Waals surface area contributed by atoms with Gasteiger partial charge in [-0.15, -0.1) is 0 Å². The van der Waals surface area contributed by atoms with E-state index in [1.165, 1.54) is 16.3 Å². The molecule has 0 radical (unpaired) electrons. The summed E-state index contributed by atoms with van der Waals surface area (Å²) in [5.74, 6) is -0.481. The average molecular weight is 494 g/mol. The minimum atomic E-state index is -3.58. The summed E-state index contributed by atoms with van der Waals surface area (Å²) in [6.07, 6.45) is 1.52. The summed E-state index contributed by atoms with van der Waals surface area (Å²) in [6, 6.07) is 12.2. The van der Waals surface area contributed by atoms with E-state index in [0.717, 1.165) is 17.4 Å². The zero-order valence-electron chi connectivity index (χ0n) is 19.8. The summed E-state index contributed by atoms with van der Waals surface area (Å²) < 4.78 is 26.2. The van der Waals surface area contributed by atoms with Gasteiger partial charge >= 0.3 is 0 Å². The van der Waals surface area contributed by atoms with Crippen molar-refractivity contribution in [3.8, 4) is 0 Å². The van der Waals surface area contributed by atoms with Gasteiger partial charge in [-0.3, -0.25) is 13.9 Å². The SMILES string of the molecule is CNC(=O)[C@H](C)N(Cc1ccc(C)cc1)C(=O)CCCN(c1cccc(Cl)c1C)S(C)(=O)=O. The van der Waals surface area contributed by atoms with Crippen molar-refractivity contribution in [2.75, 3.05) is 24.2 Å². The van der Waals surface area contributed by atoms with E-state index < -0.39 is 16.1 Å². The highest BCUT2D eigenvalue weighted by Crippen LogP contribution is 2.28. The van der Waals surface area contributed by atoms with E-state index in [4.69, 9.17) is 11.6 Å². The number of hydrogen-bond donors (Lipinski definition) is 1. The van der Waals surface area contributed by atoms with Crippen molar-refractivity contribution in [3.05, 3.63) is 64.2 Å². The van der Waals surface area contributed by atoms with Crippen LogP contribution in [0.3, 0.4) is 0 Å². The molecular formula is C24H32ClN3O4S. The molecule has 0 aromatic heterocycles. The molecule has 0 heterocycles. The fraction of sp³-hybridized carbons (Fsp3) is 0.417. The molecule has 2 amide bonds. The summed E-state index contributed by atoms with van der Waals surface area (Å²) in [6.45, 7) is 5.84. The molecule has 1 N–H and O–H groups in total. The van der Waals surface area contributed by atoms with Crippen molar-refractivity contribution in [3.63, 3.8) is 0 Å². The second kappa shape index (κ2) is 11.5. The van der Waals surface area contributed by atoms with Crippen LogP contribution in [0.15, 0.2) is 42.5 Å². The number of halogens is 1. The van der Waals surface area contributed by atoms with Crippen LogP contribution in [-0.2, 0) is 26.2 Å². The van der Waals surface area contributed by atoms with Crippen molar-refractivity contribution < 1.29 is 18.0 Å². The van der Waals surface area contributed by atoms with Gasteiger partial charge in [-0.2, -0.15) is 0 Å². The van der Waals surface area contributed by atoms with Crippen LogP contribution in [0.1, 0.15) is 36.5 Å². The highest BCUT2D eigenvalue weighted by molar-refractivity contribution is 7.92. The zero-order valence-corrected chi connectivity index (χ0v) is 21.3. The van der Waals surface area contributed by atoms with Crippen LogP contribution in [0.4, 0.5) is 5.69 Å². The number of sulfonamides is 1. The van der Waals surface area contributed by atoms with Crippen molar-refractivity contribution in [1.82, 2.24) is 10.2 Å². The van der Waals surface area contributed by atoms with Crippen LogP contribution in [0.5, 0.6) is 0 Å². The number of amides is 2. The van der Waals surface area contributed by atoms with Gasteiger partial charge in [0.05, 0.1) is 11.9 Å². The van der Waals surface area contributed by atoms with Crippen LogP contribution in [-0.4, -0.2) is 51.0 Å². The highest BCUT2D eigenvalue weighted by atomic mass is 35.5. The predicted molar refractivity (Wildman–Crippen MR) is 133 cm³/mol. The Morgan fingerprint density at radius 1 is 1.09 bits per heavy atom. The standard InChI is InChI=1S/C24H32ClN3O4S/c1-17-11-13-20(14-12-17)16-27(19(3)24(30)26-4)23(29)10-7-15-28(33(5,31)32)22-9-6-8-21(25)18(22)2/h6,8-9,11-14,19H,7,10,15-16H2,1-5H3,(H,26,30)/t19-/m0/s1. The van der Waals surface area contributed by atoms with Gasteiger partial charge in [0.1, 0.15) is 6.04 Å². The first kappa shape index (κ1) is 26.7. The Hall–Kier alpha value is -2.58. The number of aryl methyl sites for hydroxylation is 1. The molecule has 0 spiro atoms. The van der Waals surface area contributed by atoms with Crippen molar-refractivity contribution in [2.45, 2.75) is 46.2 Å². The summed E-state index contributed by atoms with van der Waals surface area (Å²) in [4.78, 5) is 26.9. The van der Waals surface area contributed by atoms with Crippen LogP contribution < -0.4 is 9.62 Å². The maximum Gasteiger partial charge on any atom is 0.242 e. The molecule has 2 rings (SSSR count). The van der Waals surface area contributed by atoms with E-state index in [1.54, 1.807) is 32.0 Å². The number of nitrogens with one attached hydrogen (secondary N) is 1. The Morgan fingerprint density at radius 2 is 1.73 bits per heavy atom. The van der Waals surface area contributed by atoms with Crippen molar-refractivity contribution in [2.24, 2.45) is 0 Å². The molecule has 0 saturated carbocycles. The molecule has 1 atom stereocenters. The van der Waals surface area contributed by atoms with Crippen LogP contribution in [0, 0.1) is 13.8 Å². The molecule has 33 heavy (non-hydrogen) atoms. The lowest BCUT2D eigenvalue weighted by molar-refractivity contribution is -0.140. The van der Waals surface area contributed by atoms with E-state index in [9.17, 15) is 18.0 Å². The second-order valence-electron chi connectivity index (χ2n) is 8.12. The second-order valence-corrected chi connectivity index (χ2v) is 10.4. The number of benzene rings is 2. The number of likely N-dealkylation sites (N-methyl/N-ethyl adjacent to an activating group) is 1. The molecular weight excluding hydrogens is 462 g/mol. The lowest BCUT2D eigenvalue weighted by Gasteiger charge is -2.29. The summed E-state index contributed by atoms with van der Waals surface area (Å²) >= 11 is 6.18. The molecule has 0 unspecified atom stereocenters. The normalized spacial score (nSPS) is 12.2. The monoisotopic (exact) mass is 493 g/mol. The highest BCUT2D eigenvalue weighted by Gasteiger charge is 2.26. The quantitative estimate of drug-likeness (QED) is 0.547. The number of anilines is 1. The van der Waals surface area contributed by atoms with Gasteiger partial charge in [0, 0.05) is 31.6 Å². The summed E-state index contributed by atoms with van der Waals surface area (Å²) in [5.41, 5.74) is 3.17. The van der Waals surface area contributed by atoms with Crippen LogP contribution >= 0.6 is 11.6 Å². The summed E-state index contributed by atoms with van der Waals surface area (Å²) in [7, 11) is -2.04. The molecule has 7 nitrogen and oxygen atoms in total. The van der Waals surface area contributed by atoms with Gasteiger partial charge in [0.25, 0.3) is 0 Å². The van der Waals surface area contributed by atoms with Gasteiger partial charge in [-0.1, -0.05) is 47.5 Å². The van der Waals surface area contributed by atoms with E-state index in [1.807, 2.05) is 31.2 Å². The summed E-state index contributed by atoms with van der Waals surface area (Å²) in [5, 5.41) is 3.06. The van der Waals surface area contributed by atoms with E-state index >= 15 is 0 Å². The molecule has 0 saturated heterocycles. The maximum atomic E-state index is 13.1. The van der Waals surface area contributed by atoms with E-state index in [2.05, 4.69) is 5.32 Å². The first-order valence-electron chi connectivity index (χ1n) is 10.7. The zero-order chi connectivity index (χ0) is 24.8. The Bertz CT molecular complexity index is 1090. The van der Waals surface area contributed by atoms with Crippen LogP contribution in [0.2, 0.25) is 5.02 Å². The maximum absolute atomic E-state index is 13.1. The molecule has 2 aromatic carbocycles. The Kier molecular flexibility index (Phi) is 9.31. The number of carbonyl (C=O) groups is 2. The third kappa shape index (κ3) is 7.20.